The summed E-state index contributed by atoms with van der Waals surface area (Å²) in [4.78, 5) is 21.7. The molecular weight excluding hydrogens is 380 g/mol. The number of carbonyl (C=O) groups excluding carboxylic acids is 1. The Hall–Kier alpha value is -3.94. The van der Waals surface area contributed by atoms with Gasteiger partial charge in [0.2, 0.25) is 0 Å². The summed E-state index contributed by atoms with van der Waals surface area (Å²) in [6.45, 7) is 1.62. The number of anilines is 1. The number of H-pyrrole nitrogens is 1. The zero-order valence-electron chi connectivity index (χ0n) is 16.4. The van der Waals surface area contributed by atoms with Gasteiger partial charge in [-0.05, 0) is 36.3 Å². The van der Waals surface area contributed by atoms with E-state index in [-0.39, 0.29) is 5.91 Å². The molecule has 0 spiro atoms. The molecule has 1 aromatic carbocycles. The minimum atomic E-state index is 0.0333. The molecule has 0 saturated carbocycles. The summed E-state index contributed by atoms with van der Waals surface area (Å²) in [5.41, 5.74) is 2.60. The first-order valence-corrected chi connectivity index (χ1v) is 9.69. The van der Waals surface area contributed by atoms with Crippen LogP contribution in [0, 0.1) is 0 Å². The first kappa shape index (κ1) is 19.4. The Morgan fingerprint density at radius 3 is 2.83 bits per heavy atom. The molecule has 3 heterocycles. The molecule has 8 heteroatoms. The third kappa shape index (κ3) is 4.72. The second-order valence-corrected chi connectivity index (χ2v) is 6.71. The minimum absolute atomic E-state index is 0.0333. The van der Waals surface area contributed by atoms with Crippen molar-refractivity contribution in [2.24, 2.45) is 0 Å². The predicted molar refractivity (Wildman–Crippen MR) is 113 cm³/mol. The number of carbonyl (C=O) groups is 1. The van der Waals surface area contributed by atoms with Gasteiger partial charge in [0, 0.05) is 30.4 Å². The second-order valence-electron chi connectivity index (χ2n) is 6.71. The maximum atomic E-state index is 12.7. The molecule has 1 amide bonds. The van der Waals surface area contributed by atoms with Gasteiger partial charge in [0.25, 0.3) is 5.91 Å². The van der Waals surface area contributed by atoms with Crippen LogP contribution in [0.15, 0.2) is 78.1 Å². The normalized spacial score (nSPS) is 13.3. The number of aromatic nitrogens is 4. The monoisotopic (exact) mass is 402 g/mol. The van der Waals surface area contributed by atoms with Crippen molar-refractivity contribution in [3.8, 4) is 0 Å². The van der Waals surface area contributed by atoms with Crippen LogP contribution in [0.2, 0.25) is 0 Å². The summed E-state index contributed by atoms with van der Waals surface area (Å²) in [7, 11) is 0. The van der Waals surface area contributed by atoms with E-state index in [9.17, 15) is 4.79 Å². The van der Waals surface area contributed by atoms with Gasteiger partial charge in [0.1, 0.15) is 12.1 Å². The number of nitrogens with one attached hydrogen (secondary N) is 2. The number of hydrogen-bond donors (Lipinski definition) is 2. The van der Waals surface area contributed by atoms with Gasteiger partial charge in [-0.15, -0.1) is 10.2 Å². The Kier molecular flexibility index (Phi) is 6.14. The van der Waals surface area contributed by atoms with E-state index in [1.54, 1.807) is 18.8 Å². The summed E-state index contributed by atoms with van der Waals surface area (Å²) >= 11 is 0. The van der Waals surface area contributed by atoms with Gasteiger partial charge >= 0.3 is 0 Å². The average Bonchev–Trinajstić information content (AvgIpc) is 3.35. The zero-order chi connectivity index (χ0) is 20.6. The van der Waals surface area contributed by atoms with Crippen molar-refractivity contribution in [1.29, 1.82) is 0 Å². The molecule has 0 bridgehead atoms. The molecule has 2 N–H and O–H groups in total. The van der Waals surface area contributed by atoms with E-state index in [1.807, 2.05) is 53.4 Å². The summed E-state index contributed by atoms with van der Waals surface area (Å²) in [5.74, 6) is 1.42. The highest BCUT2D eigenvalue weighted by molar-refractivity contribution is 5.94. The third-order valence-corrected chi connectivity index (χ3v) is 4.77. The fourth-order valence-corrected chi connectivity index (χ4v) is 3.23. The molecule has 0 unspecified atom stereocenters. The lowest BCUT2D eigenvalue weighted by Crippen LogP contribution is -2.34. The molecule has 8 nitrogen and oxygen atoms in total. The van der Waals surface area contributed by atoms with E-state index >= 15 is 0 Å². The number of amides is 1. The summed E-state index contributed by atoms with van der Waals surface area (Å²) in [6.07, 6.45) is 9.13. The van der Waals surface area contributed by atoms with Crippen molar-refractivity contribution in [3.63, 3.8) is 0 Å². The Balaban J connectivity index is 1.57. The molecule has 1 aliphatic heterocycles. The lowest BCUT2D eigenvalue weighted by atomic mass is 10.0. The number of aromatic amines is 1. The van der Waals surface area contributed by atoms with E-state index < -0.39 is 0 Å². The van der Waals surface area contributed by atoms with Crippen molar-refractivity contribution >= 4 is 17.3 Å². The standard InChI is InChI=1S/C22H22N6O2/c29-22(18-5-2-1-3-6-18)28-10-8-17(9-11-28)20-14-23-15-24-16-26-27-21(20)25-13-19-7-4-12-30-19/h1-8,12,14-16H,9-11,13H2,(H,25,27)(H,23,24,26). The quantitative estimate of drug-likeness (QED) is 0.678. The molecule has 30 heavy (non-hydrogen) atoms. The second kappa shape index (κ2) is 9.51. The van der Waals surface area contributed by atoms with Crippen LogP contribution in [0.3, 0.4) is 0 Å². The van der Waals surface area contributed by atoms with Crippen LogP contribution < -0.4 is 5.32 Å². The Morgan fingerprint density at radius 1 is 1.17 bits per heavy atom. The van der Waals surface area contributed by atoms with Crippen LogP contribution in [0.5, 0.6) is 0 Å². The number of benzene rings is 1. The molecule has 2 aromatic heterocycles. The summed E-state index contributed by atoms with van der Waals surface area (Å²) < 4.78 is 5.39. The molecule has 3 aromatic rings. The number of nitrogens with zero attached hydrogens (tertiary/aromatic N) is 4. The van der Waals surface area contributed by atoms with Crippen molar-refractivity contribution < 1.29 is 9.21 Å². The molecule has 1 aliphatic rings. The van der Waals surface area contributed by atoms with Crippen molar-refractivity contribution in [2.75, 3.05) is 18.4 Å². The van der Waals surface area contributed by atoms with Crippen LogP contribution in [0.25, 0.3) is 5.57 Å². The van der Waals surface area contributed by atoms with Gasteiger partial charge in [-0.25, -0.2) is 4.98 Å². The van der Waals surface area contributed by atoms with Crippen LogP contribution in [0.4, 0.5) is 5.82 Å². The molecule has 0 saturated heterocycles. The zero-order valence-corrected chi connectivity index (χ0v) is 16.4. The third-order valence-electron chi connectivity index (χ3n) is 4.77. The van der Waals surface area contributed by atoms with Crippen LogP contribution in [0.1, 0.15) is 28.1 Å². The maximum absolute atomic E-state index is 12.7. The Bertz CT molecular complexity index is 1060. The lowest BCUT2D eigenvalue weighted by molar-refractivity contribution is 0.0773. The smallest absolute Gasteiger partial charge is 0.254 e. The molecule has 152 valence electrons. The highest BCUT2D eigenvalue weighted by Gasteiger charge is 2.20. The van der Waals surface area contributed by atoms with Gasteiger partial charge in [-0.2, -0.15) is 0 Å². The van der Waals surface area contributed by atoms with Gasteiger partial charge in [0.05, 0.1) is 19.1 Å². The first-order chi connectivity index (χ1) is 14.8. The number of hydrogen-bond acceptors (Lipinski definition) is 6. The molecular formula is C22H22N6O2. The Morgan fingerprint density at radius 2 is 2.07 bits per heavy atom. The Labute approximate surface area is 174 Å². The molecule has 4 rings (SSSR count). The topological polar surface area (TPSA) is 99.9 Å². The number of rotatable bonds is 5. The summed E-state index contributed by atoms with van der Waals surface area (Å²) in [6, 6.07) is 13.1. The molecule has 0 atom stereocenters. The van der Waals surface area contributed by atoms with Gasteiger partial charge in [0.15, 0.2) is 5.82 Å². The maximum Gasteiger partial charge on any atom is 0.254 e. The van der Waals surface area contributed by atoms with Gasteiger partial charge in [-0.3, -0.25) is 4.79 Å². The first-order valence-electron chi connectivity index (χ1n) is 9.69. The van der Waals surface area contributed by atoms with E-state index in [1.165, 1.54) is 6.33 Å². The lowest BCUT2D eigenvalue weighted by Gasteiger charge is -2.27. The molecule has 0 fully saturated rings. The average molecular weight is 402 g/mol. The van der Waals surface area contributed by atoms with E-state index in [0.717, 1.165) is 16.9 Å². The SMILES string of the molecule is O=C(c1ccccc1)N1CC=C(c2cnc[nH]cnnc2NCc2ccco2)CC1. The molecule has 0 radical (unpaired) electrons. The van der Waals surface area contributed by atoms with Crippen LogP contribution in [-0.4, -0.2) is 44.1 Å². The van der Waals surface area contributed by atoms with Gasteiger partial charge in [-0.1, -0.05) is 24.3 Å². The minimum Gasteiger partial charge on any atom is -0.467 e. The van der Waals surface area contributed by atoms with Crippen molar-refractivity contribution in [1.82, 2.24) is 25.1 Å². The number of furan rings is 1. The fourth-order valence-electron chi connectivity index (χ4n) is 3.23. The van der Waals surface area contributed by atoms with Crippen molar-refractivity contribution in [2.45, 2.75) is 13.0 Å². The van der Waals surface area contributed by atoms with E-state index in [0.29, 0.717) is 37.4 Å². The van der Waals surface area contributed by atoms with E-state index in [4.69, 9.17) is 4.42 Å². The van der Waals surface area contributed by atoms with Crippen LogP contribution >= 0.6 is 0 Å². The van der Waals surface area contributed by atoms with E-state index in [2.05, 4.69) is 25.5 Å². The van der Waals surface area contributed by atoms with Crippen LogP contribution in [-0.2, 0) is 6.54 Å². The van der Waals surface area contributed by atoms with Gasteiger partial charge < -0.3 is 19.6 Å². The molecule has 0 aliphatic carbocycles. The largest absolute Gasteiger partial charge is 0.467 e. The fraction of sp³-hybridized carbons (Fsp3) is 0.182. The van der Waals surface area contributed by atoms with Crippen molar-refractivity contribution in [3.05, 3.63) is 90.5 Å². The predicted octanol–water partition coefficient (Wildman–Crippen LogP) is 3.46. The highest BCUT2D eigenvalue weighted by Crippen LogP contribution is 2.26. The highest BCUT2D eigenvalue weighted by atomic mass is 16.3. The summed E-state index contributed by atoms with van der Waals surface area (Å²) in [5, 5.41) is 11.6.